The molecule has 1 aliphatic rings. The zero-order valence-electron chi connectivity index (χ0n) is 19.6. The van der Waals surface area contributed by atoms with Gasteiger partial charge in [-0.05, 0) is 28.5 Å². The molecule has 0 aliphatic carbocycles. The summed E-state index contributed by atoms with van der Waals surface area (Å²) in [4.78, 5) is 0. The van der Waals surface area contributed by atoms with Crippen molar-refractivity contribution >= 4 is 16.4 Å². The molecular formula is C22H44O3Si2. The van der Waals surface area contributed by atoms with E-state index in [4.69, 9.17) is 9.16 Å². The van der Waals surface area contributed by atoms with Gasteiger partial charge >= 0.3 is 0 Å². The molecule has 0 unspecified atom stereocenters. The molecule has 0 amide bonds. The van der Waals surface area contributed by atoms with Crippen molar-refractivity contribution in [2.75, 3.05) is 6.61 Å². The molecule has 0 aromatic carbocycles. The maximum atomic E-state index is 9.81. The minimum absolute atomic E-state index is 0.0227. The van der Waals surface area contributed by atoms with Crippen LogP contribution in [0.15, 0.2) is 0 Å². The first-order valence-corrected chi connectivity index (χ1v) is 16.4. The first kappa shape index (κ1) is 24.9. The Morgan fingerprint density at radius 2 is 1.41 bits per heavy atom. The standard InChI is InChI=1S/C22H44O3Si2/c1-15(2)27(16(3)4,17(5)6)25-22-19(8)18(7)21(14-23)24-20(22)12-13-26(9,10)11/h15-23H,14H2,1-11H3/t18-,19-,20+,21+,22-/m0/s1. The van der Waals surface area contributed by atoms with E-state index in [1.807, 2.05) is 0 Å². The molecule has 1 rings (SSSR count). The van der Waals surface area contributed by atoms with Gasteiger partial charge in [-0.15, -0.1) is 5.54 Å². The maximum Gasteiger partial charge on any atom is 0.200 e. The molecule has 1 saturated heterocycles. The molecule has 27 heavy (non-hydrogen) atoms. The van der Waals surface area contributed by atoms with Crippen molar-refractivity contribution in [1.82, 2.24) is 0 Å². The minimum atomic E-state index is -2.03. The second kappa shape index (κ2) is 9.58. The van der Waals surface area contributed by atoms with E-state index in [1.54, 1.807) is 0 Å². The van der Waals surface area contributed by atoms with Crippen LogP contribution in [0.1, 0.15) is 55.4 Å². The molecule has 0 radical (unpaired) electrons. The summed E-state index contributed by atoms with van der Waals surface area (Å²) in [5, 5.41) is 9.81. The Labute approximate surface area is 170 Å². The largest absolute Gasteiger partial charge is 0.409 e. The summed E-state index contributed by atoms with van der Waals surface area (Å²) in [6.07, 6.45) is -0.428. The van der Waals surface area contributed by atoms with Gasteiger partial charge in [0.15, 0.2) is 0 Å². The van der Waals surface area contributed by atoms with E-state index in [0.29, 0.717) is 22.5 Å². The van der Waals surface area contributed by atoms with Crippen LogP contribution in [0.2, 0.25) is 36.3 Å². The van der Waals surface area contributed by atoms with Crippen LogP contribution in [0, 0.1) is 23.3 Å². The smallest absolute Gasteiger partial charge is 0.200 e. The Morgan fingerprint density at radius 1 is 0.926 bits per heavy atom. The summed E-state index contributed by atoms with van der Waals surface area (Å²) in [7, 11) is -3.55. The van der Waals surface area contributed by atoms with Crippen molar-refractivity contribution < 1.29 is 14.3 Å². The summed E-state index contributed by atoms with van der Waals surface area (Å²) in [6, 6.07) is 0. The lowest BCUT2D eigenvalue weighted by molar-refractivity contribution is -0.153. The molecule has 0 spiro atoms. The molecule has 5 heteroatoms. The Hall–Kier alpha value is -0.126. The summed E-state index contributed by atoms with van der Waals surface area (Å²) in [5.41, 5.74) is 5.08. The van der Waals surface area contributed by atoms with Crippen LogP contribution in [-0.4, -0.2) is 46.4 Å². The summed E-state index contributed by atoms with van der Waals surface area (Å²) < 4.78 is 13.5. The lowest BCUT2D eigenvalue weighted by Gasteiger charge is -2.50. The fraction of sp³-hybridized carbons (Fsp3) is 0.909. The summed E-state index contributed by atoms with van der Waals surface area (Å²) in [6.45, 7) is 25.2. The molecular weight excluding hydrogens is 368 g/mol. The second-order valence-electron chi connectivity index (χ2n) is 10.4. The zero-order valence-corrected chi connectivity index (χ0v) is 21.6. The fourth-order valence-corrected chi connectivity index (χ4v) is 10.9. The second-order valence-corrected chi connectivity index (χ2v) is 20.6. The van der Waals surface area contributed by atoms with Crippen LogP contribution < -0.4 is 0 Å². The highest BCUT2D eigenvalue weighted by molar-refractivity contribution is 6.83. The normalized spacial score (nSPS) is 30.0. The number of rotatable bonds is 6. The molecule has 0 saturated carbocycles. The molecule has 1 aliphatic heterocycles. The Bertz CT molecular complexity index is 506. The summed E-state index contributed by atoms with van der Waals surface area (Å²) in [5.74, 6) is 4.00. The van der Waals surface area contributed by atoms with Crippen molar-refractivity contribution in [1.29, 1.82) is 0 Å². The average Bonchev–Trinajstić information content (AvgIpc) is 2.53. The molecule has 158 valence electrons. The molecule has 1 fully saturated rings. The Morgan fingerprint density at radius 3 is 1.78 bits per heavy atom. The molecule has 0 aromatic heterocycles. The van der Waals surface area contributed by atoms with E-state index in [0.717, 1.165) is 0 Å². The highest BCUT2D eigenvalue weighted by atomic mass is 28.4. The van der Waals surface area contributed by atoms with Gasteiger partial charge in [0, 0.05) is 0 Å². The van der Waals surface area contributed by atoms with Gasteiger partial charge in [-0.3, -0.25) is 0 Å². The quantitative estimate of drug-likeness (QED) is 0.465. The van der Waals surface area contributed by atoms with Crippen LogP contribution in [-0.2, 0) is 9.16 Å². The molecule has 0 bridgehead atoms. The third-order valence-corrected chi connectivity index (χ3v) is 13.4. The topological polar surface area (TPSA) is 38.7 Å². The average molecular weight is 413 g/mol. The van der Waals surface area contributed by atoms with Gasteiger partial charge in [-0.25, -0.2) is 0 Å². The fourth-order valence-electron chi connectivity index (χ4n) is 4.73. The van der Waals surface area contributed by atoms with Crippen molar-refractivity contribution in [3.8, 4) is 11.5 Å². The predicted octanol–water partition coefficient (Wildman–Crippen LogP) is 5.46. The van der Waals surface area contributed by atoms with Gasteiger partial charge < -0.3 is 14.3 Å². The molecule has 1 N–H and O–H groups in total. The van der Waals surface area contributed by atoms with Gasteiger partial charge in [-0.1, -0.05) is 81.0 Å². The summed E-state index contributed by atoms with van der Waals surface area (Å²) >= 11 is 0. The first-order chi connectivity index (χ1) is 12.3. The highest BCUT2D eigenvalue weighted by Crippen LogP contribution is 2.46. The van der Waals surface area contributed by atoms with Crippen molar-refractivity contribution in [2.45, 2.75) is 110 Å². The van der Waals surface area contributed by atoms with E-state index in [9.17, 15) is 5.11 Å². The lowest BCUT2D eigenvalue weighted by atomic mass is 9.82. The van der Waals surface area contributed by atoms with E-state index in [-0.39, 0.29) is 30.8 Å². The number of aliphatic hydroxyl groups excluding tert-OH is 1. The number of ether oxygens (including phenoxy) is 1. The SMILES string of the molecule is CC(C)[Si](O[C@H]1[C@@H](C)[C@H](C)[C@@H](CO)O[C@@H]1C#C[Si](C)(C)C)(C(C)C)C(C)C. The number of hydrogen-bond acceptors (Lipinski definition) is 3. The molecule has 1 heterocycles. The first-order valence-electron chi connectivity index (χ1n) is 10.7. The van der Waals surface area contributed by atoms with Crippen molar-refractivity contribution in [3.63, 3.8) is 0 Å². The molecule has 5 atom stereocenters. The number of aliphatic hydroxyl groups is 1. The lowest BCUT2D eigenvalue weighted by Crippen LogP contribution is -2.58. The van der Waals surface area contributed by atoms with Crippen LogP contribution in [0.25, 0.3) is 0 Å². The Balaban J connectivity index is 3.36. The van der Waals surface area contributed by atoms with Gasteiger partial charge in [0.25, 0.3) is 0 Å². The van der Waals surface area contributed by atoms with E-state index < -0.39 is 16.4 Å². The monoisotopic (exact) mass is 412 g/mol. The van der Waals surface area contributed by atoms with Crippen LogP contribution >= 0.6 is 0 Å². The van der Waals surface area contributed by atoms with Crippen LogP contribution in [0.5, 0.6) is 0 Å². The highest BCUT2D eigenvalue weighted by Gasteiger charge is 2.51. The van der Waals surface area contributed by atoms with Gasteiger partial charge in [-0.2, -0.15) is 0 Å². The minimum Gasteiger partial charge on any atom is -0.409 e. The van der Waals surface area contributed by atoms with E-state index >= 15 is 0 Å². The van der Waals surface area contributed by atoms with Crippen LogP contribution in [0.4, 0.5) is 0 Å². The Kier molecular flexibility index (Phi) is 8.84. The van der Waals surface area contributed by atoms with Gasteiger partial charge in [0.1, 0.15) is 14.2 Å². The van der Waals surface area contributed by atoms with Gasteiger partial charge in [0.2, 0.25) is 8.32 Å². The number of hydrogen-bond donors (Lipinski definition) is 1. The zero-order chi connectivity index (χ0) is 21.2. The van der Waals surface area contributed by atoms with Gasteiger partial charge in [0.05, 0.1) is 18.8 Å². The van der Waals surface area contributed by atoms with Crippen molar-refractivity contribution in [3.05, 3.63) is 0 Å². The van der Waals surface area contributed by atoms with Crippen LogP contribution in [0.3, 0.4) is 0 Å². The molecule has 0 aromatic rings. The third kappa shape index (κ3) is 5.70. The van der Waals surface area contributed by atoms with E-state index in [2.05, 4.69) is 86.5 Å². The third-order valence-electron chi connectivity index (χ3n) is 6.37. The van der Waals surface area contributed by atoms with Crippen molar-refractivity contribution in [2.24, 2.45) is 11.8 Å². The predicted molar refractivity (Wildman–Crippen MR) is 121 cm³/mol. The maximum absolute atomic E-state index is 9.81. The molecule has 3 nitrogen and oxygen atoms in total. The van der Waals surface area contributed by atoms with E-state index in [1.165, 1.54) is 0 Å².